The summed E-state index contributed by atoms with van der Waals surface area (Å²) in [5.74, 6) is -2.87. The SMILES string of the molecule is O=C(O)[C@@H]1[C@@H](C(=O)N2CCN(c3ccc(F)cc3)CC2)[C@@H]2C=C[C@@H]1O2. The highest BCUT2D eigenvalue weighted by Gasteiger charge is 2.54. The molecule has 1 N–H and O–H groups in total. The van der Waals surface area contributed by atoms with Crippen LogP contribution >= 0.6 is 0 Å². The number of hydrogen-bond acceptors (Lipinski definition) is 4. The summed E-state index contributed by atoms with van der Waals surface area (Å²) < 4.78 is 18.6. The average Bonchev–Trinajstić information content (AvgIpc) is 3.23. The number of hydrogen-bond donors (Lipinski definition) is 1. The normalized spacial score (nSPS) is 30.8. The molecule has 3 aliphatic heterocycles. The maximum absolute atomic E-state index is 13.0. The summed E-state index contributed by atoms with van der Waals surface area (Å²) in [4.78, 5) is 28.2. The molecule has 2 bridgehead atoms. The van der Waals surface area contributed by atoms with Crippen molar-refractivity contribution in [1.29, 1.82) is 0 Å². The van der Waals surface area contributed by atoms with Gasteiger partial charge in [0, 0.05) is 31.9 Å². The number of amides is 1. The average molecular weight is 346 g/mol. The highest BCUT2D eigenvalue weighted by Crippen LogP contribution is 2.40. The number of nitrogens with zero attached hydrogens (tertiary/aromatic N) is 2. The summed E-state index contributed by atoms with van der Waals surface area (Å²) in [5.41, 5.74) is 0.920. The van der Waals surface area contributed by atoms with Gasteiger partial charge in [0.05, 0.1) is 18.1 Å². The van der Waals surface area contributed by atoms with E-state index in [1.54, 1.807) is 29.2 Å². The molecule has 6 nitrogen and oxygen atoms in total. The molecule has 0 aromatic heterocycles. The van der Waals surface area contributed by atoms with Gasteiger partial charge in [-0.2, -0.15) is 0 Å². The molecule has 4 atom stereocenters. The Labute approximate surface area is 144 Å². The van der Waals surface area contributed by atoms with Gasteiger partial charge in [-0.05, 0) is 24.3 Å². The second-order valence-electron chi connectivity index (χ2n) is 6.63. The molecule has 0 aliphatic carbocycles. The van der Waals surface area contributed by atoms with Crippen LogP contribution in [0.4, 0.5) is 10.1 Å². The zero-order valence-electron chi connectivity index (χ0n) is 13.5. The van der Waals surface area contributed by atoms with E-state index >= 15 is 0 Å². The van der Waals surface area contributed by atoms with Crippen LogP contribution in [0.25, 0.3) is 0 Å². The van der Waals surface area contributed by atoms with E-state index in [1.807, 2.05) is 0 Å². The van der Waals surface area contributed by atoms with Crippen LogP contribution < -0.4 is 4.90 Å². The number of carboxylic acid groups (broad SMARTS) is 1. The Morgan fingerprint density at radius 2 is 1.60 bits per heavy atom. The predicted octanol–water partition coefficient (Wildman–Crippen LogP) is 1.13. The second kappa shape index (κ2) is 6.15. The lowest BCUT2D eigenvalue weighted by Gasteiger charge is -2.38. The van der Waals surface area contributed by atoms with Crippen LogP contribution in [-0.2, 0) is 14.3 Å². The van der Waals surface area contributed by atoms with E-state index in [9.17, 15) is 19.1 Å². The van der Waals surface area contributed by atoms with Crippen molar-refractivity contribution in [2.24, 2.45) is 11.8 Å². The van der Waals surface area contributed by atoms with Crippen molar-refractivity contribution >= 4 is 17.6 Å². The van der Waals surface area contributed by atoms with Gasteiger partial charge in [-0.1, -0.05) is 12.2 Å². The van der Waals surface area contributed by atoms with Gasteiger partial charge >= 0.3 is 5.97 Å². The quantitative estimate of drug-likeness (QED) is 0.831. The van der Waals surface area contributed by atoms with E-state index in [-0.39, 0.29) is 11.7 Å². The summed E-state index contributed by atoms with van der Waals surface area (Å²) in [6, 6.07) is 6.29. The number of aliphatic carboxylic acids is 1. The second-order valence-corrected chi connectivity index (χ2v) is 6.63. The van der Waals surface area contributed by atoms with Crippen molar-refractivity contribution in [2.45, 2.75) is 12.2 Å². The largest absolute Gasteiger partial charge is 0.481 e. The van der Waals surface area contributed by atoms with Crippen LogP contribution in [0.5, 0.6) is 0 Å². The topological polar surface area (TPSA) is 70.1 Å². The fourth-order valence-electron chi connectivity index (χ4n) is 3.94. The number of halogens is 1. The first kappa shape index (κ1) is 16.1. The van der Waals surface area contributed by atoms with Gasteiger partial charge in [0.2, 0.25) is 5.91 Å². The van der Waals surface area contributed by atoms with Gasteiger partial charge in [-0.3, -0.25) is 9.59 Å². The third-order valence-corrected chi connectivity index (χ3v) is 5.25. The summed E-state index contributed by atoms with van der Waals surface area (Å²) in [6.45, 7) is 2.29. The first-order valence-electron chi connectivity index (χ1n) is 8.40. The van der Waals surface area contributed by atoms with Crippen molar-refractivity contribution in [1.82, 2.24) is 4.90 Å². The molecule has 7 heteroatoms. The Morgan fingerprint density at radius 3 is 2.20 bits per heavy atom. The molecule has 1 amide bonds. The Kier molecular flexibility index (Phi) is 3.95. The van der Waals surface area contributed by atoms with E-state index < -0.39 is 30.0 Å². The molecule has 0 radical (unpaired) electrons. The first-order chi connectivity index (χ1) is 12.0. The molecular weight excluding hydrogens is 327 g/mol. The standard InChI is InChI=1S/C18H19FN2O4/c19-11-1-3-12(4-2-11)20-7-9-21(10-8-20)17(22)15-13-5-6-14(25-13)16(15)18(23)24/h1-6,13-16H,7-10H2,(H,23,24)/t13-,14-,15-,16-/m0/s1. The van der Waals surface area contributed by atoms with E-state index in [0.717, 1.165) is 5.69 Å². The maximum Gasteiger partial charge on any atom is 0.310 e. The number of anilines is 1. The van der Waals surface area contributed by atoms with Crippen LogP contribution in [0.2, 0.25) is 0 Å². The molecule has 132 valence electrons. The van der Waals surface area contributed by atoms with E-state index in [0.29, 0.717) is 26.2 Å². The number of carboxylic acids is 1. The predicted molar refractivity (Wildman–Crippen MR) is 87.6 cm³/mol. The van der Waals surface area contributed by atoms with E-state index in [1.165, 1.54) is 12.1 Å². The number of piperazine rings is 1. The summed E-state index contributed by atoms with van der Waals surface area (Å²) >= 11 is 0. The van der Waals surface area contributed by atoms with E-state index in [2.05, 4.69) is 4.90 Å². The van der Waals surface area contributed by atoms with E-state index in [4.69, 9.17) is 4.74 Å². The number of carbonyl (C=O) groups is 2. The van der Waals surface area contributed by atoms with Crippen molar-refractivity contribution in [3.63, 3.8) is 0 Å². The Morgan fingerprint density at radius 1 is 1.00 bits per heavy atom. The fourth-order valence-corrected chi connectivity index (χ4v) is 3.94. The molecule has 3 heterocycles. The molecule has 4 rings (SSSR count). The lowest BCUT2D eigenvalue weighted by atomic mass is 9.82. The number of rotatable bonds is 3. The van der Waals surface area contributed by atoms with Crippen molar-refractivity contribution in [3.8, 4) is 0 Å². The third kappa shape index (κ3) is 2.78. The highest BCUT2D eigenvalue weighted by molar-refractivity contribution is 5.87. The Balaban J connectivity index is 1.42. The molecular formula is C18H19FN2O4. The van der Waals surface area contributed by atoms with Crippen molar-refractivity contribution in [3.05, 3.63) is 42.2 Å². The zero-order chi connectivity index (χ0) is 17.6. The van der Waals surface area contributed by atoms with Crippen LogP contribution in [-0.4, -0.2) is 60.3 Å². The van der Waals surface area contributed by atoms with Gasteiger partial charge in [-0.15, -0.1) is 0 Å². The Bertz CT molecular complexity index is 712. The van der Waals surface area contributed by atoms with Gasteiger partial charge in [0.15, 0.2) is 0 Å². The third-order valence-electron chi connectivity index (χ3n) is 5.25. The van der Waals surface area contributed by atoms with Gasteiger partial charge < -0.3 is 19.6 Å². The van der Waals surface area contributed by atoms with Crippen LogP contribution in [0, 0.1) is 17.7 Å². The molecule has 0 spiro atoms. The Hall–Kier alpha value is -2.41. The van der Waals surface area contributed by atoms with Crippen LogP contribution in [0.15, 0.2) is 36.4 Å². The summed E-state index contributed by atoms with van der Waals surface area (Å²) in [5, 5.41) is 9.44. The van der Waals surface area contributed by atoms with Crippen molar-refractivity contribution < 1.29 is 23.8 Å². The monoisotopic (exact) mass is 346 g/mol. The molecule has 2 fully saturated rings. The number of ether oxygens (including phenoxy) is 1. The minimum atomic E-state index is -0.986. The smallest absolute Gasteiger partial charge is 0.310 e. The molecule has 1 aromatic carbocycles. The molecule has 0 saturated carbocycles. The van der Waals surface area contributed by atoms with Gasteiger partial charge in [0.25, 0.3) is 0 Å². The van der Waals surface area contributed by atoms with Crippen LogP contribution in [0.3, 0.4) is 0 Å². The zero-order valence-corrected chi connectivity index (χ0v) is 13.5. The highest BCUT2D eigenvalue weighted by atomic mass is 19.1. The molecule has 1 aromatic rings. The summed E-state index contributed by atoms with van der Waals surface area (Å²) in [7, 11) is 0. The number of fused-ring (bicyclic) bond motifs is 2. The fraction of sp³-hybridized carbons (Fsp3) is 0.444. The van der Waals surface area contributed by atoms with Crippen LogP contribution in [0.1, 0.15) is 0 Å². The molecule has 25 heavy (non-hydrogen) atoms. The molecule has 3 aliphatic rings. The summed E-state index contributed by atoms with van der Waals surface area (Å²) in [6.07, 6.45) is 2.59. The van der Waals surface area contributed by atoms with Gasteiger partial charge in [-0.25, -0.2) is 4.39 Å². The maximum atomic E-state index is 13.0. The lowest BCUT2D eigenvalue weighted by Crippen LogP contribution is -2.53. The van der Waals surface area contributed by atoms with Crippen molar-refractivity contribution in [2.75, 3.05) is 31.1 Å². The van der Waals surface area contributed by atoms with Gasteiger partial charge in [0.1, 0.15) is 11.7 Å². The number of carbonyl (C=O) groups excluding carboxylic acids is 1. The minimum Gasteiger partial charge on any atom is -0.481 e. The molecule has 2 saturated heterocycles. The lowest BCUT2D eigenvalue weighted by molar-refractivity contribution is -0.149. The number of benzene rings is 1. The molecule has 0 unspecified atom stereocenters. The first-order valence-corrected chi connectivity index (χ1v) is 8.40. The minimum absolute atomic E-state index is 0.150.